The lowest BCUT2D eigenvalue weighted by Crippen LogP contribution is -2.25. The van der Waals surface area contributed by atoms with E-state index in [0.717, 1.165) is 13.1 Å². The molecule has 120 valence electrons. The van der Waals surface area contributed by atoms with Gasteiger partial charge in [-0.1, -0.05) is 27.7 Å². The quantitative estimate of drug-likeness (QED) is 0.857. The SMILES string of the molecule is Cc1sc(CNC(C)C)cc1CN1CCCC(C)(C)CC1. The van der Waals surface area contributed by atoms with Gasteiger partial charge in [-0.3, -0.25) is 4.90 Å². The van der Waals surface area contributed by atoms with Crippen LogP contribution in [0.4, 0.5) is 0 Å². The normalized spacial score (nSPS) is 19.9. The van der Waals surface area contributed by atoms with E-state index in [-0.39, 0.29) is 0 Å². The monoisotopic (exact) mass is 308 g/mol. The minimum atomic E-state index is 0.533. The molecule has 2 rings (SSSR count). The molecule has 1 fully saturated rings. The maximum atomic E-state index is 3.52. The summed E-state index contributed by atoms with van der Waals surface area (Å²) in [5, 5.41) is 3.52. The molecule has 1 aliphatic heterocycles. The molecule has 0 radical (unpaired) electrons. The van der Waals surface area contributed by atoms with Crippen molar-refractivity contribution in [3.8, 4) is 0 Å². The Labute approximate surface area is 134 Å². The fourth-order valence-corrected chi connectivity index (χ4v) is 4.02. The van der Waals surface area contributed by atoms with Crippen LogP contribution in [0.3, 0.4) is 0 Å². The number of hydrogen-bond acceptors (Lipinski definition) is 3. The third kappa shape index (κ3) is 5.39. The molecule has 21 heavy (non-hydrogen) atoms. The zero-order valence-corrected chi connectivity index (χ0v) is 15.3. The van der Waals surface area contributed by atoms with Gasteiger partial charge in [-0.2, -0.15) is 0 Å². The van der Waals surface area contributed by atoms with Gasteiger partial charge >= 0.3 is 0 Å². The molecule has 0 spiro atoms. The zero-order chi connectivity index (χ0) is 15.5. The van der Waals surface area contributed by atoms with Crippen molar-refractivity contribution in [3.05, 3.63) is 21.4 Å². The lowest BCUT2D eigenvalue weighted by atomic mass is 9.85. The molecule has 0 unspecified atom stereocenters. The van der Waals surface area contributed by atoms with E-state index in [0.29, 0.717) is 11.5 Å². The maximum Gasteiger partial charge on any atom is 0.0302 e. The van der Waals surface area contributed by atoms with Gasteiger partial charge in [0.1, 0.15) is 0 Å². The average Bonchev–Trinajstić information content (AvgIpc) is 2.64. The molecule has 0 saturated carbocycles. The van der Waals surface area contributed by atoms with Gasteiger partial charge in [0, 0.05) is 28.9 Å². The summed E-state index contributed by atoms with van der Waals surface area (Å²) >= 11 is 1.96. The smallest absolute Gasteiger partial charge is 0.0302 e. The number of aryl methyl sites for hydroxylation is 1. The number of nitrogens with one attached hydrogen (secondary N) is 1. The summed E-state index contributed by atoms with van der Waals surface area (Å²) in [5.41, 5.74) is 2.07. The second-order valence-corrected chi connectivity index (χ2v) is 8.96. The van der Waals surface area contributed by atoms with Crippen LogP contribution in [-0.4, -0.2) is 24.0 Å². The van der Waals surface area contributed by atoms with Crippen LogP contribution in [0, 0.1) is 12.3 Å². The van der Waals surface area contributed by atoms with Crippen LogP contribution in [0.25, 0.3) is 0 Å². The molecule has 2 heterocycles. The molecular weight excluding hydrogens is 276 g/mol. The van der Waals surface area contributed by atoms with E-state index in [2.05, 4.69) is 50.9 Å². The Balaban J connectivity index is 1.93. The number of rotatable bonds is 5. The number of thiophene rings is 1. The van der Waals surface area contributed by atoms with Crippen molar-refractivity contribution in [2.24, 2.45) is 5.41 Å². The molecule has 0 aromatic carbocycles. The molecule has 1 N–H and O–H groups in total. The number of likely N-dealkylation sites (tertiary alicyclic amines) is 1. The van der Waals surface area contributed by atoms with Gasteiger partial charge in [0.2, 0.25) is 0 Å². The first-order chi connectivity index (χ1) is 9.85. The first-order valence-electron chi connectivity index (χ1n) is 8.40. The van der Waals surface area contributed by atoms with Crippen molar-refractivity contribution in [3.63, 3.8) is 0 Å². The molecule has 1 aromatic rings. The Bertz CT molecular complexity index is 448. The van der Waals surface area contributed by atoms with Gasteiger partial charge in [0.05, 0.1) is 0 Å². The van der Waals surface area contributed by atoms with Gasteiger partial charge in [-0.25, -0.2) is 0 Å². The molecule has 0 amide bonds. The van der Waals surface area contributed by atoms with Crippen LogP contribution >= 0.6 is 11.3 Å². The summed E-state index contributed by atoms with van der Waals surface area (Å²) < 4.78 is 0. The Morgan fingerprint density at radius 3 is 2.76 bits per heavy atom. The largest absolute Gasteiger partial charge is 0.310 e. The van der Waals surface area contributed by atoms with Crippen molar-refractivity contribution < 1.29 is 0 Å². The predicted octanol–water partition coefficient (Wildman–Crippen LogP) is 4.57. The van der Waals surface area contributed by atoms with Crippen molar-refractivity contribution in [1.29, 1.82) is 0 Å². The first-order valence-corrected chi connectivity index (χ1v) is 9.21. The van der Waals surface area contributed by atoms with Crippen molar-refractivity contribution >= 4 is 11.3 Å². The summed E-state index contributed by atoms with van der Waals surface area (Å²) in [6.45, 7) is 16.2. The third-order valence-corrected chi connectivity index (χ3v) is 5.68. The van der Waals surface area contributed by atoms with Crippen molar-refractivity contribution in [2.45, 2.75) is 73.0 Å². The van der Waals surface area contributed by atoms with E-state index in [4.69, 9.17) is 0 Å². The second kappa shape index (κ2) is 7.26. The molecule has 1 aromatic heterocycles. The van der Waals surface area contributed by atoms with Crippen molar-refractivity contribution in [2.75, 3.05) is 13.1 Å². The molecule has 0 aliphatic carbocycles. The highest BCUT2D eigenvalue weighted by Crippen LogP contribution is 2.31. The highest BCUT2D eigenvalue weighted by Gasteiger charge is 2.23. The predicted molar refractivity (Wildman–Crippen MR) is 93.9 cm³/mol. The summed E-state index contributed by atoms with van der Waals surface area (Å²) in [7, 11) is 0. The van der Waals surface area contributed by atoms with Gasteiger partial charge in [0.15, 0.2) is 0 Å². The van der Waals surface area contributed by atoms with Gasteiger partial charge in [-0.15, -0.1) is 11.3 Å². The first kappa shape index (κ1) is 17.0. The fourth-order valence-electron chi connectivity index (χ4n) is 3.01. The Kier molecular flexibility index (Phi) is 5.87. The fraction of sp³-hybridized carbons (Fsp3) is 0.778. The summed E-state index contributed by atoms with van der Waals surface area (Å²) in [5.74, 6) is 0. The van der Waals surface area contributed by atoms with Crippen LogP contribution in [0.5, 0.6) is 0 Å². The third-order valence-electron chi connectivity index (χ3n) is 4.58. The van der Waals surface area contributed by atoms with E-state index < -0.39 is 0 Å². The Morgan fingerprint density at radius 1 is 1.29 bits per heavy atom. The summed E-state index contributed by atoms with van der Waals surface area (Å²) in [4.78, 5) is 5.63. The highest BCUT2D eigenvalue weighted by atomic mass is 32.1. The van der Waals surface area contributed by atoms with Crippen LogP contribution < -0.4 is 5.32 Å². The van der Waals surface area contributed by atoms with E-state index in [1.54, 1.807) is 5.56 Å². The molecule has 0 bridgehead atoms. The van der Waals surface area contributed by atoms with Crippen LogP contribution in [-0.2, 0) is 13.1 Å². The molecule has 1 aliphatic rings. The van der Waals surface area contributed by atoms with Crippen LogP contribution in [0.1, 0.15) is 62.3 Å². The maximum absolute atomic E-state index is 3.52. The number of hydrogen-bond donors (Lipinski definition) is 1. The van der Waals surface area contributed by atoms with Gasteiger partial charge in [0.25, 0.3) is 0 Å². The molecule has 0 atom stereocenters. The summed E-state index contributed by atoms with van der Waals surface area (Å²) in [6, 6.07) is 2.98. The minimum Gasteiger partial charge on any atom is -0.310 e. The minimum absolute atomic E-state index is 0.533. The van der Waals surface area contributed by atoms with Crippen LogP contribution in [0.15, 0.2) is 6.07 Å². The topological polar surface area (TPSA) is 15.3 Å². The van der Waals surface area contributed by atoms with E-state index >= 15 is 0 Å². The Morgan fingerprint density at radius 2 is 2.05 bits per heavy atom. The second-order valence-electron chi connectivity index (χ2n) is 7.62. The molecule has 2 nitrogen and oxygen atoms in total. The van der Waals surface area contributed by atoms with Crippen molar-refractivity contribution in [1.82, 2.24) is 10.2 Å². The van der Waals surface area contributed by atoms with E-state index in [1.165, 1.54) is 42.1 Å². The molecular formula is C18H32N2S. The highest BCUT2D eigenvalue weighted by molar-refractivity contribution is 7.12. The molecule has 3 heteroatoms. The van der Waals surface area contributed by atoms with Gasteiger partial charge in [-0.05, 0) is 56.3 Å². The molecule has 1 saturated heterocycles. The number of nitrogens with zero attached hydrogens (tertiary/aromatic N) is 1. The van der Waals surface area contributed by atoms with E-state index in [1.807, 2.05) is 11.3 Å². The average molecular weight is 309 g/mol. The lowest BCUT2D eigenvalue weighted by molar-refractivity contribution is 0.256. The van der Waals surface area contributed by atoms with Crippen LogP contribution in [0.2, 0.25) is 0 Å². The Hall–Kier alpha value is -0.380. The van der Waals surface area contributed by atoms with Gasteiger partial charge < -0.3 is 5.32 Å². The van der Waals surface area contributed by atoms with E-state index in [9.17, 15) is 0 Å². The summed E-state index contributed by atoms with van der Waals surface area (Å²) in [6.07, 6.45) is 4.05. The zero-order valence-electron chi connectivity index (χ0n) is 14.5. The standard InChI is InChI=1S/C18H32N2S/c1-14(2)19-12-17-11-16(15(3)21-17)13-20-9-6-7-18(4,5)8-10-20/h11,14,19H,6-10,12-13H2,1-5H3. The lowest BCUT2D eigenvalue weighted by Gasteiger charge is -2.23.